The summed E-state index contributed by atoms with van der Waals surface area (Å²) in [6.07, 6.45) is 0. The average molecular weight is 385 g/mol. The number of aryl methyl sites for hydroxylation is 1. The lowest BCUT2D eigenvalue weighted by atomic mass is 10.1. The van der Waals surface area contributed by atoms with Crippen LogP contribution in [0.25, 0.3) is 0 Å². The van der Waals surface area contributed by atoms with Gasteiger partial charge in [0.1, 0.15) is 6.61 Å². The van der Waals surface area contributed by atoms with E-state index in [4.69, 9.17) is 4.74 Å². The molecule has 0 saturated carbocycles. The second-order valence-electron chi connectivity index (χ2n) is 7.00. The minimum absolute atomic E-state index is 0.142. The highest BCUT2D eigenvalue weighted by molar-refractivity contribution is 6.21. The van der Waals surface area contributed by atoms with Crippen molar-refractivity contribution in [2.24, 2.45) is 0 Å². The number of nitrogens with zero attached hydrogens (tertiary/aromatic N) is 1. The van der Waals surface area contributed by atoms with Gasteiger partial charge in [-0.2, -0.15) is 0 Å². The van der Waals surface area contributed by atoms with Crippen molar-refractivity contribution in [3.8, 4) is 0 Å². The molecule has 1 heterocycles. The lowest BCUT2D eigenvalue weighted by Gasteiger charge is -2.13. The number of ether oxygens (including phenoxy) is 1. The van der Waals surface area contributed by atoms with Crippen molar-refractivity contribution in [2.75, 3.05) is 0 Å². The van der Waals surface area contributed by atoms with Crippen LogP contribution in [0, 0.1) is 6.92 Å². The maximum Gasteiger partial charge on any atom is 0.338 e. The monoisotopic (exact) mass is 385 g/mol. The second kappa shape index (κ2) is 7.72. The Bertz CT molecular complexity index is 1090. The average Bonchev–Trinajstić information content (AvgIpc) is 2.98. The molecule has 0 atom stereocenters. The highest BCUT2D eigenvalue weighted by Crippen LogP contribution is 2.26. The molecule has 3 aromatic carbocycles. The van der Waals surface area contributed by atoms with E-state index in [1.807, 2.05) is 61.5 Å². The number of imide groups is 1. The number of amides is 2. The summed E-state index contributed by atoms with van der Waals surface area (Å²) in [6, 6.07) is 21.5. The van der Waals surface area contributed by atoms with Gasteiger partial charge in [0.25, 0.3) is 11.8 Å². The topological polar surface area (TPSA) is 63.7 Å². The van der Waals surface area contributed by atoms with E-state index in [0.29, 0.717) is 5.56 Å². The number of hydrogen-bond acceptors (Lipinski definition) is 4. The van der Waals surface area contributed by atoms with Crippen LogP contribution in [0.4, 0.5) is 0 Å². The first-order valence-electron chi connectivity index (χ1n) is 9.30. The molecule has 0 radical (unpaired) electrons. The standard InChI is InChI=1S/C24H19NO4/c1-16-7-9-18(10-8-16)15-29-24(28)19-11-12-20-21(13-19)23(27)25(22(20)26)14-17-5-3-2-4-6-17/h2-13H,14-15H2,1H3. The van der Waals surface area contributed by atoms with Crippen molar-refractivity contribution >= 4 is 17.8 Å². The van der Waals surface area contributed by atoms with Crippen LogP contribution in [0.3, 0.4) is 0 Å². The Morgan fingerprint density at radius 2 is 1.52 bits per heavy atom. The van der Waals surface area contributed by atoms with E-state index in [9.17, 15) is 14.4 Å². The number of benzene rings is 3. The fraction of sp³-hybridized carbons (Fsp3) is 0.125. The molecule has 144 valence electrons. The van der Waals surface area contributed by atoms with Crippen molar-refractivity contribution in [1.29, 1.82) is 0 Å². The molecular formula is C24H19NO4. The molecule has 0 aliphatic carbocycles. The molecule has 0 bridgehead atoms. The van der Waals surface area contributed by atoms with Crippen LogP contribution in [0.5, 0.6) is 0 Å². The van der Waals surface area contributed by atoms with Gasteiger partial charge in [0.2, 0.25) is 0 Å². The molecule has 3 aromatic rings. The van der Waals surface area contributed by atoms with Gasteiger partial charge in [0, 0.05) is 0 Å². The number of esters is 1. The molecule has 29 heavy (non-hydrogen) atoms. The Hall–Kier alpha value is -3.73. The van der Waals surface area contributed by atoms with E-state index < -0.39 is 11.9 Å². The molecule has 0 spiro atoms. The van der Waals surface area contributed by atoms with Crippen LogP contribution in [0.1, 0.15) is 47.8 Å². The van der Waals surface area contributed by atoms with Gasteiger partial charge in [0.15, 0.2) is 0 Å². The van der Waals surface area contributed by atoms with Gasteiger partial charge in [-0.3, -0.25) is 14.5 Å². The van der Waals surface area contributed by atoms with Crippen LogP contribution in [-0.2, 0) is 17.9 Å². The van der Waals surface area contributed by atoms with Gasteiger partial charge in [-0.25, -0.2) is 4.79 Å². The van der Waals surface area contributed by atoms with Gasteiger partial charge in [-0.15, -0.1) is 0 Å². The molecule has 5 nitrogen and oxygen atoms in total. The molecule has 0 saturated heterocycles. The van der Waals surface area contributed by atoms with Gasteiger partial charge in [0.05, 0.1) is 23.2 Å². The highest BCUT2D eigenvalue weighted by Gasteiger charge is 2.36. The van der Waals surface area contributed by atoms with Crippen molar-refractivity contribution in [2.45, 2.75) is 20.1 Å². The van der Waals surface area contributed by atoms with E-state index in [1.54, 1.807) is 0 Å². The SMILES string of the molecule is Cc1ccc(COC(=O)c2ccc3c(c2)C(=O)N(Cc2ccccc2)C3=O)cc1. The zero-order chi connectivity index (χ0) is 20.4. The summed E-state index contributed by atoms with van der Waals surface area (Å²) in [5.41, 5.74) is 3.65. The third-order valence-electron chi connectivity index (χ3n) is 4.88. The van der Waals surface area contributed by atoms with Gasteiger partial charge in [-0.1, -0.05) is 60.2 Å². The normalized spacial score (nSPS) is 12.8. The lowest BCUT2D eigenvalue weighted by Crippen LogP contribution is -2.29. The smallest absolute Gasteiger partial charge is 0.338 e. The number of rotatable bonds is 5. The van der Waals surface area contributed by atoms with E-state index in [1.165, 1.54) is 23.1 Å². The Morgan fingerprint density at radius 3 is 2.24 bits per heavy atom. The molecule has 2 amide bonds. The van der Waals surface area contributed by atoms with Crippen LogP contribution < -0.4 is 0 Å². The van der Waals surface area contributed by atoms with Crippen molar-refractivity contribution in [3.05, 3.63) is 106 Å². The van der Waals surface area contributed by atoms with Crippen LogP contribution in [0.2, 0.25) is 0 Å². The molecule has 0 aromatic heterocycles. The summed E-state index contributed by atoms with van der Waals surface area (Å²) in [5, 5.41) is 0. The quantitative estimate of drug-likeness (QED) is 0.489. The zero-order valence-corrected chi connectivity index (χ0v) is 15.9. The van der Waals surface area contributed by atoms with Crippen LogP contribution in [0.15, 0.2) is 72.8 Å². The van der Waals surface area contributed by atoms with E-state index in [-0.39, 0.29) is 30.2 Å². The highest BCUT2D eigenvalue weighted by atomic mass is 16.5. The minimum Gasteiger partial charge on any atom is -0.457 e. The fourth-order valence-corrected chi connectivity index (χ4v) is 3.24. The lowest BCUT2D eigenvalue weighted by molar-refractivity contribution is 0.0472. The fourth-order valence-electron chi connectivity index (χ4n) is 3.24. The summed E-state index contributed by atoms with van der Waals surface area (Å²) in [4.78, 5) is 39.0. The maximum absolute atomic E-state index is 12.8. The largest absolute Gasteiger partial charge is 0.457 e. The predicted molar refractivity (Wildman–Crippen MR) is 107 cm³/mol. The third kappa shape index (κ3) is 3.80. The van der Waals surface area contributed by atoms with Gasteiger partial charge < -0.3 is 4.74 Å². The summed E-state index contributed by atoms with van der Waals surface area (Å²) in [5.74, 6) is -1.29. The molecule has 0 N–H and O–H groups in total. The summed E-state index contributed by atoms with van der Waals surface area (Å²) in [7, 11) is 0. The molecule has 0 fully saturated rings. The third-order valence-corrected chi connectivity index (χ3v) is 4.88. The summed E-state index contributed by atoms with van der Waals surface area (Å²) < 4.78 is 5.35. The molecular weight excluding hydrogens is 366 g/mol. The molecule has 0 unspecified atom stereocenters. The van der Waals surface area contributed by atoms with Crippen LogP contribution in [-0.4, -0.2) is 22.7 Å². The van der Waals surface area contributed by atoms with Crippen LogP contribution >= 0.6 is 0 Å². The number of fused-ring (bicyclic) bond motifs is 1. The molecule has 4 rings (SSSR count). The first-order valence-corrected chi connectivity index (χ1v) is 9.30. The Labute approximate surface area is 168 Å². The second-order valence-corrected chi connectivity index (χ2v) is 7.00. The Morgan fingerprint density at radius 1 is 0.828 bits per heavy atom. The number of hydrogen-bond donors (Lipinski definition) is 0. The first kappa shape index (κ1) is 18.6. The first-order chi connectivity index (χ1) is 14.0. The Balaban J connectivity index is 1.49. The number of carbonyl (C=O) groups is 3. The van der Waals surface area contributed by atoms with Crippen molar-refractivity contribution in [3.63, 3.8) is 0 Å². The van der Waals surface area contributed by atoms with E-state index in [0.717, 1.165) is 16.7 Å². The minimum atomic E-state index is -0.532. The number of carbonyl (C=O) groups excluding carboxylic acids is 3. The van der Waals surface area contributed by atoms with E-state index >= 15 is 0 Å². The molecule has 1 aliphatic heterocycles. The van der Waals surface area contributed by atoms with Gasteiger partial charge >= 0.3 is 5.97 Å². The Kier molecular flexibility index (Phi) is 4.96. The summed E-state index contributed by atoms with van der Waals surface area (Å²) >= 11 is 0. The van der Waals surface area contributed by atoms with Crippen molar-refractivity contribution < 1.29 is 19.1 Å². The van der Waals surface area contributed by atoms with Crippen molar-refractivity contribution in [1.82, 2.24) is 4.90 Å². The molecule has 5 heteroatoms. The zero-order valence-electron chi connectivity index (χ0n) is 15.9. The maximum atomic E-state index is 12.8. The van der Waals surface area contributed by atoms with E-state index in [2.05, 4.69) is 0 Å². The molecule has 1 aliphatic rings. The predicted octanol–water partition coefficient (Wildman–Crippen LogP) is 4.15. The van der Waals surface area contributed by atoms with Gasteiger partial charge in [-0.05, 0) is 36.2 Å². The summed E-state index contributed by atoms with van der Waals surface area (Å²) in [6.45, 7) is 2.32.